The summed E-state index contributed by atoms with van der Waals surface area (Å²) in [4.78, 5) is 4.66. The van der Waals surface area contributed by atoms with Gasteiger partial charge in [-0.25, -0.2) is 4.98 Å². The summed E-state index contributed by atoms with van der Waals surface area (Å²) in [6.07, 6.45) is 2.21. The highest BCUT2D eigenvalue weighted by atomic mass is 35.5. The summed E-state index contributed by atoms with van der Waals surface area (Å²) >= 11 is 6.25. The van der Waals surface area contributed by atoms with Crippen LogP contribution in [0.15, 0.2) is 24.3 Å². The Balaban J connectivity index is 2.67. The number of aromatic nitrogens is 2. The van der Waals surface area contributed by atoms with Crippen molar-refractivity contribution in [3.05, 3.63) is 30.1 Å². The third kappa shape index (κ3) is 2.19. The van der Waals surface area contributed by atoms with E-state index in [1.807, 2.05) is 13.0 Å². The van der Waals surface area contributed by atoms with Gasteiger partial charge in [0.2, 0.25) is 0 Å². The SMILES string of the molecule is CCC(CC)n1c(C(C)Cl)nc2ccccc21. The molecule has 2 rings (SSSR count). The lowest BCUT2D eigenvalue weighted by atomic mass is 10.1. The van der Waals surface area contributed by atoms with Crippen LogP contribution in [-0.2, 0) is 0 Å². The topological polar surface area (TPSA) is 17.8 Å². The van der Waals surface area contributed by atoms with Crippen molar-refractivity contribution in [1.29, 1.82) is 0 Å². The lowest BCUT2D eigenvalue weighted by Gasteiger charge is -2.19. The van der Waals surface area contributed by atoms with Gasteiger partial charge < -0.3 is 4.57 Å². The molecule has 1 atom stereocenters. The molecule has 3 heteroatoms. The molecule has 2 nitrogen and oxygen atoms in total. The molecule has 1 aromatic heterocycles. The van der Waals surface area contributed by atoms with Crippen molar-refractivity contribution in [2.24, 2.45) is 0 Å². The van der Waals surface area contributed by atoms with Crippen LogP contribution in [0.2, 0.25) is 0 Å². The summed E-state index contributed by atoms with van der Waals surface area (Å²) in [7, 11) is 0. The van der Waals surface area contributed by atoms with Crippen LogP contribution in [0.1, 0.15) is 50.9 Å². The fourth-order valence-corrected chi connectivity index (χ4v) is 2.54. The predicted molar refractivity (Wildman–Crippen MR) is 73.6 cm³/mol. The molecule has 0 fully saturated rings. The molecule has 1 unspecified atom stereocenters. The van der Waals surface area contributed by atoms with Crippen LogP contribution in [0, 0.1) is 0 Å². The van der Waals surface area contributed by atoms with Crippen LogP contribution in [0.5, 0.6) is 0 Å². The van der Waals surface area contributed by atoms with E-state index >= 15 is 0 Å². The van der Waals surface area contributed by atoms with E-state index < -0.39 is 0 Å². The molecule has 0 aliphatic rings. The molecule has 2 aromatic rings. The number of alkyl halides is 1. The lowest BCUT2D eigenvalue weighted by molar-refractivity contribution is 0.466. The number of benzene rings is 1. The maximum atomic E-state index is 6.25. The van der Waals surface area contributed by atoms with E-state index in [9.17, 15) is 0 Å². The molecule has 0 saturated carbocycles. The van der Waals surface area contributed by atoms with E-state index in [0.717, 1.165) is 24.2 Å². The van der Waals surface area contributed by atoms with Gasteiger partial charge in [0.05, 0.1) is 16.4 Å². The number of halogens is 1. The maximum Gasteiger partial charge on any atom is 0.127 e. The van der Waals surface area contributed by atoms with Gasteiger partial charge in [0.1, 0.15) is 5.82 Å². The Morgan fingerprint density at radius 3 is 2.47 bits per heavy atom. The zero-order valence-electron chi connectivity index (χ0n) is 10.7. The van der Waals surface area contributed by atoms with Gasteiger partial charge in [-0.2, -0.15) is 0 Å². The van der Waals surface area contributed by atoms with Gasteiger partial charge >= 0.3 is 0 Å². The minimum Gasteiger partial charge on any atom is -0.324 e. The second kappa shape index (κ2) is 5.09. The first-order valence-corrected chi connectivity index (χ1v) is 6.73. The predicted octanol–water partition coefficient (Wildman–Crippen LogP) is 4.70. The highest BCUT2D eigenvalue weighted by molar-refractivity contribution is 6.20. The van der Waals surface area contributed by atoms with Crippen LogP contribution in [0.25, 0.3) is 11.0 Å². The molecule has 92 valence electrons. The van der Waals surface area contributed by atoms with E-state index in [1.54, 1.807) is 0 Å². The largest absolute Gasteiger partial charge is 0.324 e. The van der Waals surface area contributed by atoms with Gasteiger partial charge in [0.25, 0.3) is 0 Å². The molecular weight excluding hydrogens is 232 g/mol. The normalized spacial score (nSPS) is 13.5. The van der Waals surface area contributed by atoms with Gasteiger partial charge in [-0.05, 0) is 31.9 Å². The highest BCUT2D eigenvalue weighted by Crippen LogP contribution is 2.30. The molecule has 0 radical (unpaired) electrons. The average molecular weight is 251 g/mol. The Bertz CT molecular complexity index is 498. The Morgan fingerprint density at radius 1 is 1.24 bits per heavy atom. The van der Waals surface area contributed by atoms with E-state index in [-0.39, 0.29) is 5.38 Å². The Hall–Kier alpha value is -1.02. The second-order valence-corrected chi connectivity index (χ2v) is 5.07. The van der Waals surface area contributed by atoms with Crippen LogP contribution < -0.4 is 0 Å². The molecule has 0 saturated heterocycles. The maximum absolute atomic E-state index is 6.25. The molecule has 0 amide bonds. The first-order chi connectivity index (χ1) is 8.19. The molecule has 0 aliphatic carbocycles. The highest BCUT2D eigenvalue weighted by Gasteiger charge is 2.19. The molecule has 0 spiro atoms. The van der Waals surface area contributed by atoms with Crippen molar-refractivity contribution in [3.63, 3.8) is 0 Å². The smallest absolute Gasteiger partial charge is 0.127 e. The second-order valence-electron chi connectivity index (χ2n) is 4.42. The Labute approximate surface area is 108 Å². The standard InChI is InChI=1S/C14H19ClN2/c1-4-11(5-2)17-13-9-7-6-8-12(13)16-14(17)10(3)15/h6-11H,4-5H2,1-3H3. The van der Waals surface area contributed by atoms with Gasteiger partial charge in [-0.1, -0.05) is 26.0 Å². The zero-order chi connectivity index (χ0) is 12.4. The minimum absolute atomic E-state index is 0.0528. The summed E-state index contributed by atoms with van der Waals surface area (Å²) in [5.41, 5.74) is 2.24. The zero-order valence-corrected chi connectivity index (χ0v) is 11.4. The third-order valence-corrected chi connectivity index (χ3v) is 3.48. The molecule has 1 aromatic carbocycles. The molecule has 0 N–H and O–H groups in total. The number of para-hydroxylation sites is 2. The quantitative estimate of drug-likeness (QED) is 0.720. The number of rotatable bonds is 4. The number of fused-ring (bicyclic) bond motifs is 1. The summed E-state index contributed by atoms with van der Waals surface area (Å²) in [6, 6.07) is 8.75. The van der Waals surface area contributed by atoms with Crippen molar-refractivity contribution >= 4 is 22.6 Å². The fraction of sp³-hybridized carbons (Fsp3) is 0.500. The first kappa shape index (κ1) is 12.4. The van der Waals surface area contributed by atoms with E-state index in [1.165, 1.54) is 5.52 Å². The van der Waals surface area contributed by atoms with Crippen molar-refractivity contribution < 1.29 is 0 Å². The van der Waals surface area contributed by atoms with Crippen molar-refractivity contribution in [3.8, 4) is 0 Å². The van der Waals surface area contributed by atoms with E-state index in [2.05, 4.69) is 41.6 Å². The molecular formula is C14H19ClN2. The van der Waals surface area contributed by atoms with Crippen molar-refractivity contribution in [1.82, 2.24) is 9.55 Å². The molecule has 17 heavy (non-hydrogen) atoms. The number of hydrogen-bond acceptors (Lipinski definition) is 1. The van der Waals surface area contributed by atoms with Crippen LogP contribution in [0.4, 0.5) is 0 Å². The van der Waals surface area contributed by atoms with E-state index in [4.69, 9.17) is 11.6 Å². The Kier molecular flexibility index (Phi) is 3.72. The summed E-state index contributed by atoms with van der Waals surface area (Å²) in [5.74, 6) is 0.988. The number of hydrogen-bond donors (Lipinski definition) is 0. The first-order valence-electron chi connectivity index (χ1n) is 6.29. The summed E-state index contributed by atoms with van der Waals surface area (Å²) in [5, 5.41) is -0.0528. The van der Waals surface area contributed by atoms with Gasteiger partial charge in [0.15, 0.2) is 0 Å². The monoisotopic (exact) mass is 250 g/mol. The summed E-state index contributed by atoms with van der Waals surface area (Å²) in [6.45, 7) is 6.42. The van der Waals surface area contributed by atoms with E-state index in [0.29, 0.717) is 6.04 Å². The Morgan fingerprint density at radius 2 is 1.88 bits per heavy atom. The van der Waals surface area contributed by atoms with Crippen molar-refractivity contribution in [2.45, 2.75) is 45.0 Å². The van der Waals surface area contributed by atoms with Gasteiger partial charge in [-0.3, -0.25) is 0 Å². The number of imidazole rings is 1. The third-order valence-electron chi connectivity index (χ3n) is 3.29. The molecule has 0 aliphatic heterocycles. The van der Waals surface area contributed by atoms with Gasteiger partial charge in [-0.15, -0.1) is 11.6 Å². The van der Waals surface area contributed by atoms with Crippen molar-refractivity contribution in [2.75, 3.05) is 0 Å². The fourth-order valence-electron chi connectivity index (χ4n) is 2.38. The summed E-state index contributed by atoms with van der Waals surface area (Å²) < 4.78 is 2.31. The minimum atomic E-state index is -0.0528. The van der Waals surface area contributed by atoms with Crippen LogP contribution >= 0.6 is 11.6 Å². The lowest BCUT2D eigenvalue weighted by Crippen LogP contribution is -2.11. The van der Waals surface area contributed by atoms with Crippen LogP contribution in [-0.4, -0.2) is 9.55 Å². The number of nitrogens with zero attached hydrogens (tertiary/aromatic N) is 2. The molecule has 0 bridgehead atoms. The van der Waals surface area contributed by atoms with Crippen LogP contribution in [0.3, 0.4) is 0 Å². The van der Waals surface area contributed by atoms with Gasteiger partial charge in [0, 0.05) is 6.04 Å². The average Bonchev–Trinajstić information content (AvgIpc) is 2.71. The molecule has 1 heterocycles.